The van der Waals surface area contributed by atoms with Crippen LogP contribution in [0.2, 0.25) is 0 Å². The zero-order chi connectivity index (χ0) is 38.8. The van der Waals surface area contributed by atoms with E-state index in [2.05, 4.69) is 46.8 Å². The number of fused-ring (bicyclic) bond motifs is 2. The number of urea groups is 1. The largest absolute Gasteiger partial charge is 0.494 e. The highest BCUT2D eigenvalue weighted by atomic mass is 19.1. The van der Waals surface area contributed by atoms with Crippen LogP contribution in [0.1, 0.15) is 31.7 Å². The summed E-state index contributed by atoms with van der Waals surface area (Å²) in [5.74, 6) is 1.54. The standard InChI is InChI=1S/C42H45FN10O4/c1-56-34-3-2-4-35(38(34)43)57-33-11-5-25(6-12-33)39-37-40(44)45-24-46-41(37)53(48-39)31-17-26-19-50(20-27(26)18-31)32-22-51(23-32)30-13-15-49(21-30)28-7-9-29(10-8-28)52-16-14-36(54)47-42(52)55/h2-12,24,26-27,30-32H,13-23H2,1H3,(H2,44,45,46)(H,47,54,55). The SMILES string of the molecule is COc1cccc(Oc2ccc(-c3nn(C4CC5CN(C6CN(C7CCN(c8ccc(N9CCC(=O)NC9=O)cc8)C7)C6)CC5C4)c4ncnc(N)c34)cc2)c1F. The van der Waals surface area contributed by atoms with E-state index in [9.17, 15) is 14.0 Å². The van der Waals surface area contributed by atoms with E-state index in [0.717, 1.165) is 86.5 Å². The van der Waals surface area contributed by atoms with Gasteiger partial charge in [0.2, 0.25) is 11.7 Å². The quantitative estimate of drug-likeness (QED) is 0.201. The average molecular weight is 773 g/mol. The number of halogens is 1. The first-order valence-electron chi connectivity index (χ1n) is 19.8. The van der Waals surface area contributed by atoms with Crippen LogP contribution in [0.25, 0.3) is 22.3 Å². The van der Waals surface area contributed by atoms with Gasteiger partial charge in [0.05, 0.1) is 18.5 Å². The lowest BCUT2D eigenvalue weighted by atomic mass is 10.0. The molecule has 6 heterocycles. The molecule has 10 rings (SSSR count). The zero-order valence-electron chi connectivity index (χ0n) is 31.8. The van der Waals surface area contributed by atoms with Gasteiger partial charge in [0, 0.05) is 81.3 Å². The molecule has 0 radical (unpaired) electrons. The Labute approximate surface area is 329 Å². The van der Waals surface area contributed by atoms with Crippen molar-refractivity contribution in [3.63, 3.8) is 0 Å². The smallest absolute Gasteiger partial charge is 0.328 e. The Morgan fingerprint density at radius 2 is 1.53 bits per heavy atom. The van der Waals surface area contributed by atoms with Crippen molar-refractivity contribution in [1.82, 2.24) is 34.9 Å². The van der Waals surface area contributed by atoms with Gasteiger partial charge in [-0.2, -0.15) is 9.49 Å². The number of hydrogen-bond acceptors (Lipinski definition) is 11. The molecule has 5 fully saturated rings. The van der Waals surface area contributed by atoms with Crippen molar-refractivity contribution in [2.24, 2.45) is 11.8 Å². The van der Waals surface area contributed by atoms with E-state index in [1.54, 1.807) is 35.2 Å². The summed E-state index contributed by atoms with van der Waals surface area (Å²) in [4.78, 5) is 42.3. The number of methoxy groups -OCH3 is 1. The van der Waals surface area contributed by atoms with Crippen LogP contribution in [0.5, 0.6) is 17.2 Å². The van der Waals surface area contributed by atoms with E-state index < -0.39 is 5.82 Å². The van der Waals surface area contributed by atoms with E-state index in [4.69, 9.17) is 20.3 Å². The minimum absolute atomic E-state index is 0.0861. The summed E-state index contributed by atoms with van der Waals surface area (Å²) in [6.07, 6.45) is 5.08. The second-order valence-corrected chi connectivity index (χ2v) is 16.0. The molecule has 4 aliphatic heterocycles. The summed E-state index contributed by atoms with van der Waals surface area (Å²) in [5, 5.41) is 8.28. The molecule has 5 aromatic rings. The van der Waals surface area contributed by atoms with Gasteiger partial charge >= 0.3 is 6.03 Å². The van der Waals surface area contributed by atoms with Crippen LogP contribution in [-0.4, -0.2) is 106 Å². The number of likely N-dealkylation sites (tertiary alicyclic amines) is 2. The third-order valence-corrected chi connectivity index (χ3v) is 12.8. The molecule has 3 atom stereocenters. The Bertz CT molecular complexity index is 2320. The number of benzene rings is 3. The molecule has 15 heteroatoms. The number of nitrogens with zero attached hydrogens (tertiary/aromatic N) is 8. The van der Waals surface area contributed by atoms with Gasteiger partial charge in [-0.1, -0.05) is 6.07 Å². The van der Waals surface area contributed by atoms with Gasteiger partial charge in [-0.25, -0.2) is 19.4 Å². The van der Waals surface area contributed by atoms with Gasteiger partial charge < -0.3 is 20.1 Å². The van der Waals surface area contributed by atoms with Gasteiger partial charge in [-0.15, -0.1) is 0 Å². The molecule has 3 unspecified atom stereocenters. The number of anilines is 3. The monoisotopic (exact) mass is 772 g/mol. The number of hydrogen-bond donors (Lipinski definition) is 2. The zero-order valence-corrected chi connectivity index (χ0v) is 31.8. The van der Waals surface area contributed by atoms with Crippen LogP contribution in [-0.2, 0) is 4.79 Å². The number of carbonyl (C=O) groups excluding carboxylic acids is 2. The fourth-order valence-corrected chi connectivity index (χ4v) is 9.73. The molecule has 14 nitrogen and oxygen atoms in total. The predicted molar refractivity (Wildman–Crippen MR) is 213 cm³/mol. The van der Waals surface area contributed by atoms with E-state index in [1.165, 1.54) is 19.1 Å². The summed E-state index contributed by atoms with van der Waals surface area (Å²) in [7, 11) is 1.42. The van der Waals surface area contributed by atoms with Crippen molar-refractivity contribution < 1.29 is 23.5 Å². The van der Waals surface area contributed by atoms with Gasteiger partial charge in [0.25, 0.3) is 0 Å². The molecule has 3 aromatic carbocycles. The van der Waals surface area contributed by atoms with Crippen molar-refractivity contribution in [3.8, 4) is 28.5 Å². The maximum Gasteiger partial charge on any atom is 0.328 e. The van der Waals surface area contributed by atoms with Crippen LogP contribution < -0.4 is 30.3 Å². The number of aromatic nitrogens is 4. The van der Waals surface area contributed by atoms with Crippen molar-refractivity contribution in [2.75, 3.05) is 68.5 Å². The summed E-state index contributed by atoms with van der Waals surface area (Å²) >= 11 is 0. The maximum absolute atomic E-state index is 14.7. The molecule has 1 saturated carbocycles. The fourth-order valence-electron chi connectivity index (χ4n) is 9.73. The molecule has 4 saturated heterocycles. The molecule has 294 valence electrons. The van der Waals surface area contributed by atoms with Crippen molar-refractivity contribution >= 4 is 40.2 Å². The molecule has 5 aliphatic rings. The van der Waals surface area contributed by atoms with Gasteiger partial charge in [-0.3, -0.25) is 24.8 Å². The molecule has 1 aliphatic carbocycles. The minimum Gasteiger partial charge on any atom is -0.494 e. The molecule has 2 aromatic heterocycles. The summed E-state index contributed by atoms with van der Waals surface area (Å²) in [6.45, 7) is 6.90. The molecular formula is C42H45FN10O4. The highest BCUT2D eigenvalue weighted by Crippen LogP contribution is 2.47. The number of nitrogen functional groups attached to an aromatic ring is 1. The van der Waals surface area contributed by atoms with Gasteiger partial charge in [-0.05, 0) is 91.8 Å². The fraction of sp³-hybridized carbons (Fsp3) is 0.405. The van der Waals surface area contributed by atoms with E-state index in [-0.39, 0.29) is 29.5 Å². The first kappa shape index (κ1) is 35.6. The number of nitrogens with one attached hydrogen (secondary N) is 1. The van der Waals surface area contributed by atoms with Crippen LogP contribution in [0.15, 0.2) is 73.1 Å². The number of amides is 3. The maximum atomic E-state index is 14.7. The Balaban J connectivity index is 0.748. The van der Waals surface area contributed by atoms with Crippen molar-refractivity contribution in [2.45, 2.75) is 43.8 Å². The third-order valence-electron chi connectivity index (χ3n) is 12.8. The average Bonchev–Trinajstić information content (AvgIpc) is 4.00. The number of carbonyl (C=O) groups is 2. The van der Waals surface area contributed by atoms with E-state index >= 15 is 0 Å². The molecule has 57 heavy (non-hydrogen) atoms. The number of imide groups is 1. The Kier molecular flexibility index (Phi) is 8.93. The lowest BCUT2D eigenvalue weighted by molar-refractivity contribution is -0.120. The Morgan fingerprint density at radius 3 is 2.26 bits per heavy atom. The van der Waals surface area contributed by atoms with E-state index in [0.29, 0.717) is 48.5 Å². The first-order valence-corrected chi connectivity index (χ1v) is 19.8. The normalized spacial score (nSPS) is 24.2. The second-order valence-electron chi connectivity index (χ2n) is 16.0. The van der Waals surface area contributed by atoms with Crippen LogP contribution >= 0.6 is 0 Å². The highest BCUT2D eigenvalue weighted by molar-refractivity contribution is 6.05. The predicted octanol–water partition coefficient (Wildman–Crippen LogP) is 5.31. The summed E-state index contributed by atoms with van der Waals surface area (Å²) in [6, 6.07) is 21.4. The molecular weight excluding hydrogens is 728 g/mol. The summed E-state index contributed by atoms with van der Waals surface area (Å²) in [5.41, 5.74) is 10.8. The Morgan fingerprint density at radius 1 is 0.807 bits per heavy atom. The molecule has 3 amide bonds. The summed E-state index contributed by atoms with van der Waals surface area (Å²) < 4.78 is 27.7. The van der Waals surface area contributed by atoms with E-state index in [1.807, 2.05) is 24.3 Å². The Hall–Kier alpha value is -5.80. The first-order chi connectivity index (χ1) is 27.8. The molecule has 0 spiro atoms. The molecule has 3 N–H and O–H groups in total. The van der Waals surface area contributed by atoms with Crippen molar-refractivity contribution in [3.05, 3.63) is 78.9 Å². The topological polar surface area (TPSA) is 147 Å². The highest BCUT2D eigenvalue weighted by Gasteiger charge is 2.47. The van der Waals surface area contributed by atoms with Crippen LogP contribution in [0, 0.1) is 17.7 Å². The second kappa shape index (κ2) is 14.3. The number of nitrogens with two attached hydrogens (primary N) is 1. The van der Waals surface area contributed by atoms with Gasteiger partial charge in [0.15, 0.2) is 17.1 Å². The number of ether oxygens (including phenoxy) is 2. The lowest BCUT2D eigenvalue weighted by Gasteiger charge is -2.47. The van der Waals surface area contributed by atoms with Crippen LogP contribution in [0.3, 0.4) is 0 Å². The molecule has 0 bridgehead atoms. The van der Waals surface area contributed by atoms with Crippen molar-refractivity contribution in [1.29, 1.82) is 0 Å². The number of rotatable bonds is 9. The van der Waals surface area contributed by atoms with Gasteiger partial charge in [0.1, 0.15) is 23.6 Å². The minimum atomic E-state index is -0.553. The third kappa shape index (κ3) is 6.48. The van der Waals surface area contributed by atoms with Crippen LogP contribution in [0.4, 0.5) is 26.4 Å². The lowest BCUT2D eigenvalue weighted by Crippen LogP contribution is -2.62.